The van der Waals surface area contributed by atoms with Gasteiger partial charge in [-0.05, 0) is 32.1 Å². The van der Waals surface area contributed by atoms with Crippen molar-refractivity contribution in [1.29, 1.82) is 0 Å². The second-order valence-corrected chi connectivity index (χ2v) is 5.74. The maximum absolute atomic E-state index is 12.1. The van der Waals surface area contributed by atoms with Crippen LogP contribution in [-0.4, -0.2) is 15.3 Å². The van der Waals surface area contributed by atoms with Crippen LogP contribution in [0.4, 0.5) is 5.69 Å². The molecular formula is C14H22ClN3O. The molecule has 1 heterocycles. The summed E-state index contributed by atoms with van der Waals surface area (Å²) in [5.74, 6) is 0. The van der Waals surface area contributed by atoms with E-state index >= 15 is 0 Å². The summed E-state index contributed by atoms with van der Waals surface area (Å²) in [6.45, 7) is 4.88. The highest BCUT2D eigenvalue weighted by molar-refractivity contribution is 6.32. The average Bonchev–Trinajstić information content (AvgIpc) is 2.38. The molecule has 4 nitrogen and oxygen atoms in total. The molecule has 1 aromatic heterocycles. The maximum Gasteiger partial charge on any atom is 0.287 e. The molecule has 0 unspecified atom stereocenters. The largest absolute Gasteiger partial charge is 0.377 e. The Morgan fingerprint density at radius 1 is 1.47 bits per heavy atom. The van der Waals surface area contributed by atoms with Crippen LogP contribution in [0.25, 0.3) is 0 Å². The molecule has 1 aromatic rings. The van der Waals surface area contributed by atoms with Gasteiger partial charge in [-0.2, -0.15) is 5.10 Å². The predicted octanol–water partition coefficient (Wildman–Crippen LogP) is 3.44. The van der Waals surface area contributed by atoms with Gasteiger partial charge in [0.25, 0.3) is 5.56 Å². The number of nitrogens with one attached hydrogen (secondary N) is 1. The quantitative estimate of drug-likeness (QED) is 0.870. The fourth-order valence-corrected chi connectivity index (χ4v) is 2.67. The number of rotatable bonds is 6. The Labute approximate surface area is 119 Å². The normalized spacial score (nSPS) is 17.0. The molecule has 1 fully saturated rings. The molecule has 1 N–H and O–H groups in total. The first-order valence-corrected chi connectivity index (χ1v) is 7.53. The average molecular weight is 284 g/mol. The molecule has 1 aliphatic carbocycles. The molecule has 2 rings (SSSR count). The zero-order valence-electron chi connectivity index (χ0n) is 11.7. The summed E-state index contributed by atoms with van der Waals surface area (Å²) in [5.41, 5.74) is 0.611. The molecule has 0 amide bonds. The van der Waals surface area contributed by atoms with Gasteiger partial charge in [0.05, 0.1) is 11.9 Å². The number of hydrogen-bond acceptors (Lipinski definition) is 3. The van der Waals surface area contributed by atoms with Crippen LogP contribution in [0.5, 0.6) is 0 Å². The van der Waals surface area contributed by atoms with Crippen molar-refractivity contribution in [3.05, 3.63) is 21.6 Å². The zero-order chi connectivity index (χ0) is 13.9. The Kier molecular flexibility index (Phi) is 4.50. The van der Waals surface area contributed by atoms with E-state index in [2.05, 4.69) is 24.3 Å². The summed E-state index contributed by atoms with van der Waals surface area (Å²) in [5, 5.41) is 7.91. The van der Waals surface area contributed by atoms with Crippen LogP contribution in [0.1, 0.15) is 52.4 Å². The van der Waals surface area contributed by atoms with Crippen molar-refractivity contribution in [2.45, 2.75) is 64.5 Å². The second kappa shape index (κ2) is 5.95. The molecule has 19 heavy (non-hydrogen) atoms. The van der Waals surface area contributed by atoms with Gasteiger partial charge in [0, 0.05) is 12.1 Å². The minimum absolute atomic E-state index is 0.118. The Hall–Kier alpha value is -1.03. The first-order chi connectivity index (χ1) is 9.12. The van der Waals surface area contributed by atoms with E-state index in [9.17, 15) is 4.79 Å². The van der Waals surface area contributed by atoms with Crippen molar-refractivity contribution in [2.75, 3.05) is 5.32 Å². The summed E-state index contributed by atoms with van der Waals surface area (Å²) in [4.78, 5) is 12.1. The molecule has 0 bridgehead atoms. The van der Waals surface area contributed by atoms with E-state index in [1.165, 1.54) is 11.1 Å². The third-order valence-corrected chi connectivity index (χ3v) is 4.46. The number of anilines is 1. The number of halogens is 1. The van der Waals surface area contributed by atoms with Crippen molar-refractivity contribution in [3.63, 3.8) is 0 Å². The molecule has 0 radical (unpaired) electrons. The molecule has 1 saturated carbocycles. The van der Waals surface area contributed by atoms with E-state index in [1.807, 2.05) is 0 Å². The summed E-state index contributed by atoms with van der Waals surface area (Å²) in [6.07, 6.45) is 8.22. The van der Waals surface area contributed by atoms with Gasteiger partial charge in [-0.3, -0.25) is 4.79 Å². The van der Waals surface area contributed by atoms with E-state index in [0.717, 1.165) is 32.1 Å². The minimum atomic E-state index is -0.189. The van der Waals surface area contributed by atoms with Crippen molar-refractivity contribution in [2.24, 2.45) is 0 Å². The lowest BCUT2D eigenvalue weighted by atomic mass is 9.75. The smallest absolute Gasteiger partial charge is 0.287 e. The van der Waals surface area contributed by atoms with Gasteiger partial charge in [0.1, 0.15) is 5.02 Å². The SMILES string of the molecule is CCCCn1ncc(NC2(CC)CCC2)c(Cl)c1=O. The highest BCUT2D eigenvalue weighted by Gasteiger charge is 2.35. The zero-order valence-corrected chi connectivity index (χ0v) is 12.5. The van der Waals surface area contributed by atoms with Crippen molar-refractivity contribution in [1.82, 2.24) is 9.78 Å². The monoisotopic (exact) mass is 283 g/mol. The number of unbranched alkanes of at least 4 members (excludes halogenated alkanes) is 1. The summed E-state index contributed by atoms with van der Waals surface area (Å²) < 4.78 is 1.45. The predicted molar refractivity (Wildman–Crippen MR) is 78.9 cm³/mol. The van der Waals surface area contributed by atoms with Gasteiger partial charge in [-0.25, -0.2) is 4.68 Å². The third-order valence-electron chi connectivity index (χ3n) is 4.10. The molecular weight excluding hydrogens is 262 g/mol. The van der Waals surface area contributed by atoms with E-state index in [0.29, 0.717) is 12.2 Å². The van der Waals surface area contributed by atoms with E-state index < -0.39 is 0 Å². The Bertz CT molecular complexity index is 488. The lowest BCUT2D eigenvalue weighted by Crippen LogP contribution is -2.44. The van der Waals surface area contributed by atoms with E-state index in [-0.39, 0.29) is 16.1 Å². The standard InChI is InChI=1S/C14H22ClN3O/c1-3-5-9-18-13(19)12(15)11(10-16-18)17-14(4-2)7-6-8-14/h10,17H,3-9H2,1-2H3. The second-order valence-electron chi connectivity index (χ2n) is 5.37. The van der Waals surface area contributed by atoms with Gasteiger partial charge in [0.2, 0.25) is 0 Å². The highest BCUT2D eigenvalue weighted by Crippen LogP contribution is 2.38. The van der Waals surface area contributed by atoms with E-state index in [4.69, 9.17) is 11.6 Å². The third kappa shape index (κ3) is 2.94. The van der Waals surface area contributed by atoms with Gasteiger partial charge >= 0.3 is 0 Å². The molecule has 0 spiro atoms. The first-order valence-electron chi connectivity index (χ1n) is 7.15. The highest BCUT2D eigenvalue weighted by atomic mass is 35.5. The first kappa shape index (κ1) is 14.4. The van der Waals surface area contributed by atoms with Crippen LogP contribution >= 0.6 is 11.6 Å². The van der Waals surface area contributed by atoms with Crippen LogP contribution in [0, 0.1) is 0 Å². The van der Waals surface area contributed by atoms with Gasteiger partial charge in [-0.1, -0.05) is 31.9 Å². The Morgan fingerprint density at radius 3 is 2.74 bits per heavy atom. The maximum atomic E-state index is 12.1. The van der Waals surface area contributed by atoms with Crippen LogP contribution in [0.3, 0.4) is 0 Å². The van der Waals surface area contributed by atoms with E-state index in [1.54, 1.807) is 6.20 Å². The number of hydrogen-bond donors (Lipinski definition) is 1. The Balaban J connectivity index is 2.19. The van der Waals surface area contributed by atoms with Gasteiger partial charge in [-0.15, -0.1) is 0 Å². The molecule has 1 aliphatic rings. The number of aromatic nitrogens is 2. The molecule has 0 saturated heterocycles. The summed E-state index contributed by atoms with van der Waals surface area (Å²) >= 11 is 6.19. The molecule has 0 atom stereocenters. The van der Waals surface area contributed by atoms with Crippen LogP contribution in [0.2, 0.25) is 5.02 Å². The fourth-order valence-electron chi connectivity index (χ4n) is 2.48. The molecule has 0 aromatic carbocycles. The van der Waals surface area contributed by atoms with Crippen molar-refractivity contribution < 1.29 is 0 Å². The fraction of sp³-hybridized carbons (Fsp3) is 0.714. The minimum Gasteiger partial charge on any atom is -0.377 e. The molecule has 106 valence electrons. The summed E-state index contributed by atoms with van der Waals surface area (Å²) in [6, 6.07) is 0. The lowest BCUT2D eigenvalue weighted by molar-refractivity contribution is 0.269. The molecule has 5 heteroatoms. The van der Waals surface area contributed by atoms with Crippen LogP contribution in [-0.2, 0) is 6.54 Å². The lowest BCUT2D eigenvalue weighted by Gasteiger charge is -2.42. The summed E-state index contributed by atoms with van der Waals surface area (Å²) in [7, 11) is 0. The Morgan fingerprint density at radius 2 is 2.21 bits per heavy atom. The topological polar surface area (TPSA) is 46.9 Å². The van der Waals surface area contributed by atoms with Crippen LogP contribution in [0.15, 0.2) is 11.0 Å². The van der Waals surface area contributed by atoms with Crippen LogP contribution < -0.4 is 10.9 Å². The van der Waals surface area contributed by atoms with Crippen molar-refractivity contribution >= 4 is 17.3 Å². The number of nitrogens with zero attached hydrogens (tertiary/aromatic N) is 2. The van der Waals surface area contributed by atoms with Crippen molar-refractivity contribution in [3.8, 4) is 0 Å². The van der Waals surface area contributed by atoms with Gasteiger partial charge < -0.3 is 5.32 Å². The molecule has 0 aliphatic heterocycles. The van der Waals surface area contributed by atoms with Gasteiger partial charge in [0.15, 0.2) is 0 Å². The number of aryl methyl sites for hydroxylation is 1.